The Bertz CT molecular complexity index is 919. The Morgan fingerprint density at radius 3 is 2.42 bits per heavy atom. The molecule has 4 unspecified atom stereocenters. The van der Waals surface area contributed by atoms with Gasteiger partial charge in [-0.1, -0.05) is 0 Å². The lowest BCUT2D eigenvalue weighted by atomic mass is 9.78. The number of fused-ring (bicyclic) bond motifs is 3. The molecule has 4 aliphatic heterocycles. The summed E-state index contributed by atoms with van der Waals surface area (Å²) in [4.78, 5) is 32.5. The maximum atomic E-state index is 14.5. The second kappa shape index (κ2) is 12.2. The van der Waals surface area contributed by atoms with Crippen molar-refractivity contribution in [2.45, 2.75) is 93.4 Å². The van der Waals surface area contributed by atoms with Crippen LogP contribution < -0.4 is 10.7 Å². The zero-order valence-corrected chi connectivity index (χ0v) is 24.6. The average molecular weight is 592 g/mol. The second-order valence-electron chi connectivity index (χ2n) is 12.7. The standard InChI is InChI=1S/C27H45ClF3N7O2/c1-34(2)16-24(39)36-12-10-18(15-36)26(40)35(3)25(27(29,30)31)17-6-8-19(9-7-17)37-11-4-5-20-21(37)14-32-23-13-22(28)33-38(20)23/h17-23,25,32-33H,4-16H2,1-3H3/t17?,18-,19?,20?,21?,22?,23?,25+/m1/s1. The van der Waals surface area contributed by atoms with Gasteiger partial charge in [0.2, 0.25) is 11.8 Å². The van der Waals surface area contributed by atoms with E-state index in [9.17, 15) is 22.8 Å². The first-order valence-electron chi connectivity index (χ1n) is 14.9. The largest absolute Gasteiger partial charge is 0.409 e. The Balaban J connectivity index is 1.19. The van der Waals surface area contributed by atoms with E-state index in [0.29, 0.717) is 50.7 Å². The molecule has 0 bridgehead atoms. The number of hydrogen-bond donors (Lipinski definition) is 2. The van der Waals surface area contributed by atoms with Gasteiger partial charge in [0.1, 0.15) is 6.04 Å². The van der Waals surface area contributed by atoms with Gasteiger partial charge in [-0.3, -0.25) is 19.8 Å². The van der Waals surface area contributed by atoms with E-state index in [1.807, 2.05) is 0 Å². The first kappa shape index (κ1) is 30.3. The molecular formula is C27H45ClF3N7O2. The summed E-state index contributed by atoms with van der Waals surface area (Å²) in [6, 6.07) is -0.890. The van der Waals surface area contributed by atoms with Crippen molar-refractivity contribution in [3.05, 3.63) is 0 Å². The van der Waals surface area contributed by atoms with Crippen molar-refractivity contribution in [3.8, 4) is 0 Å². The van der Waals surface area contributed by atoms with Crippen molar-refractivity contribution in [2.75, 3.05) is 53.9 Å². The lowest BCUT2D eigenvalue weighted by Crippen LogP contribution is -2.70. The first-order chi connectivity index (χ1) is 18.9. The van der Waals surface area contributed by atoms with Crippen molar-refractivity contribution < 1.29 is 22.8 Å². The zero-order chi connectivity index (χ0) is 28.8. The highest BCUT2D eigenvalue weighted by molar-refractivity contribution is 6.20. The fraction of sp³-hybridized carbons (Fsp3) is 0.926. The molecule has 5 fully saturated rings. The van der Waals surface area contributed by atoms with Gasteiger partial charge in [0.25, 0.3) is 0 Å². The third-order valence-electron chi connectivity index (χ3n) is 9.86. The van der Waals surface area contributed by atoms with Gasteiger partial charge in [-0.2, -0.15) is 13.2 Å². The van der Waals surface area contributed by atoms with Crippen LogP contribution in [0.2, 0.25) is 0 Å². The Kier molecular flexibility index (Phi) is 9.24. The van der Waals surface area contributed by atoms with Crippen molar-refractivity contribution in [3.63, 3.8) is 0 Å². The Morgan fingerprint density at radius 2 is 1.75 bits per heavy atom. The fourth-order valence-corrected chi connectivity index (χ4v) is 8.29. The van der Waals surface area contributed by atoms with Gasteiger partial charge in [-0.05, 0) is 71.5 Å². The number of likely N-dealkylation sites (tertiary alicyclic amines) is 2. The molecule has 6 atom stereocenters. The number of carbonyl (C=O) groups is 2. The number of likely N-dealkylation sites (N-methyl/N-ethyl adjacent to an activating group) is 1. The summed E-state index contributed by atoms with van der Waals surface area (Å²) < 4.78 is 43.4. The molecule has 5 rings (SSSR count). The highest BCUT2D eigenvalue weighted by Crippen LogP contribution is 2.41. The number of piperidine rings is 1. The van der Waals surface area contributed by atoms with Crippen LogP contribution in [0.3, 0.4) is 0 Å². The molecule has 4 heterocycles. The predicted molar refractivity (Wildman–Crippen MR) is 146 cm³/mol. The number of nitrogens with one attached hydrogen (secondary N) is 2. The number of alkyl halides is 4. The number of rotatable bonds is 6. The monoisotopic (exact) mass is 591 g/mol. The summed E-state index contributed by atoms with van der Waals surface area (Å²) in [5.41, 5.74) is 3.33. The van der Waals surface area contributed by atoms with Crippen LogP contribution >= 0.6 is 11.6 Å². The SMILES string of the molecule is CN(C)CC(=O)N1CC[C@@H](C(=O)N(C)[C@@H](C2CCC(N3CCCC4C3CNC3CC(Cl)NN34)CC2)C(F)(F)F)C1. The maximum Gasteiger partial charge on any atom is 0.409 e. The third-order valence-corrected chi connectivity index (χ3v) is 10.1. The molecule has 2 N–H and O–H groups in total. The van der Waals surface area contributed by atoms with Crippen LogP contribution in [0.1, 0.15) is 51.4 Å². The molecule has 0 spiro atoms. The van der Waals surface area contributed by atoms with Crippen molar-refractivity contribution in [2.24, 2.45) is 11.8 Å². The molecule has 1 aliphatic carbocycles. The molecule has 13 heteroatoms. The lowest BCUT2D eigenvalue weighted by molar-refractivity contribution is -0.203. The quantitative estimate of drug-likeness (QED) is 0.361. The number of amides is 2. The van der Waals surface area contributed by atoms with Gasteiger partial charge in [0.05, 0.1) is 24.1 Å². The van der Waals surface area contributed by atoms with Crippen LogP contribution in [0.25, 0.3) is 0 Å². The first-order valence-corrected chi connectivity index (χ1v) is 15.3. The van der Waals surface area contributed by atoms with Gasteiger partial charge in [-0.25, -0.2) is 10.4 Å². The third kappa shape index (κ3) is 6.27. The molecule has 4 saturated heterocycles. The number of hydrogen-bond acceptors (Lipinski definition) is 7. The molecule has 0 aromatic rings. The van der Waals surface area contributed by atoms with E-state index in [-0.39, 0.29) is 36.7 Å². The van der Waals surface area contributed by atoms with E-state index in [0.717, 1.165) is 37.3 Å². The van der Waals surface area contributed by atoms with Crippen molar-refractivity contribution in [1.29, 1.82) is 0 Å². The molecule has 228 valence electrons. The summed E-state index contributed by atoms with van der Waals surface area (Å²) in [6.45, 7) is 2.66. The van der Waals surface area contributed by atoms with Gasteiger partial charge >= 0.3 is 6.18 Å². The van der Waals surface area contributed by atoms with Crippen LogP contribution in [-0.4, -0.2) is 132 Å². The van der Waals surface area contributed by atoms with Gasteiger partial charge in [0, 0.05) is 51.2 Å². The van der Waals surface area contributed by atoms with E-state index in [4.69, 9.17) is 11.6 Å². The van der Waals surface area contributed by atoms with Gasteiger partial charge in [-0.15, -0.1) is 11.6 Å². The predicted octanol–water partition coefficient (Wildman–Crippen LogP) is 1.88. The zero-order valence-electron chi connectivity index (χ0n) is 23.9. The second-order valence-corrected chi connectivity index (χ2v) is 13.3. The van der Waals surface area contributed by atoms with Crippen LogP contribution in [0.5, 0.6) is 0 Å². The Morgan fingerprint density at radius 1 is 1.02 bits per heavy atom. The molecule has 40 heavy (non-hydrogen) atoms. The molecule has 5 aliphatic rings. The number of nitrogens with zero attached hydrogens (tertiary/aromatic N) is 5. The van der Waals surface area contributed by atoms with Crippen LogP contribution in [0.15, 0.2) is 0 Å². The van der Waals surface area contributed by atoms with E-state index in [2.05, 4.69) is 20.7 Å². The fourth-order valence-electron chi connectivity index (χ4n) is 8.01. The molecule has 0 aromatic carbocycles. The van der Waals surface area contributed by atoms with E-state index >= 15 is 0 Å². The topological polar surface area (TPSA) is 74.4 Å². The smallest absolute Gasteiger partial charge is 0.341 e. The van der Waals surface area contributed by atoms with E-state index in [1.54, 1.807) is 23.9 Å². The van der Waals surface area contributed by atoms with E-state index in [1.165, 1.54) is 7.05 Å². The summed E-state index contributed by atoms with van der Waals surface area (Å²) in [5, 5.41) is 5.90. The number of carbonyl (C=O) groups excluding carboxylic acids is 2. The van der Waals surface area contributed by atoms with Crippen molar-refractivity contribution in [1.82, 2.24) is 35.4 Å². The number of hydrazine groups is 1. The molecule has 2 amide bonds. The minimum Gasteiger partial charge on any atom is -0.341 e. The molecule has 9 nitrogen and oxygen atoms in total. The Hall–Kier alpha value is -1.18. The molecular weight excluding hydrogens is 547 g/mol. The molecule has 0 aromatic heterocycles. The van der Waals surface area contributed by atoms with Crippen LogP contribution in [0, 0.1) is 11.8 Å². The highest BCUT2D eigenvalue weighted by atomic mass is 35.5. The van der Waals surface area contributed by atoms with Gasteiger partial charge < -0.3 is 14.7 Å². The minimum atomic E-state index is -4.50. The lowest BCUT2D eigenvalue weighted by Gasteiger charge is -2.53. The minimum absolute atomic E-state index is 0.0769. The molecule has 0 radical (unpaired) electrons. The van der Waals surface area contributed by atoms with Gasteiger partial charge in [0.15, 0.2) is 0 Å². The van der Waals surface area contributed by atoms with Crippen LogP contribution in [0.4, 0.5) is 13.2 Å². The summed E-state index contributed by atoms with van der Waals surface area (Å²) in [5.74, 6) is -1.80. The summed E-state index contributed by atoms with van der Waals surface area (Å²) in [7, 11) is 4.89. The summed E-state index contributed by atoms with van der Waals surface area (Å²) in [6.07, 6.45) is 1.44. The van der Waals surface area contributed by atoms with E-state index < -0.39 is 30.0 Å². The Labute approximate surface area is 240 Å². The maximum absolute atomic E-state index is 14.5. The summed E-state index contributed by atoms with van der Waals surface area (Å²) >= 11 is 6.37. The highest BCUT2D eigenvalue weighted by Gasteiger charge is 2.52. The molecule has 1 saturated carbocycles. The van der Waals surface area contributed by atoms with Crippen molar-refractivity contribution >= 4 is 23.4 Å². The van der Waals surface area contributed by atoms with Crippen LogP contribution in [-0.2, 0) is 9.59 Å². The average Bonchev–Trinajstić information content (AvgIpc) is 3.54. The normalized spacial score (nSPS) is 36.4. The number of halogens is 4.